The lowest BCUT2D eigenvalue weighted by Gasteiger charge is -2.24. The van der Waals surface area contributed by atoms with Gasteiger partial charge in [0.15, 0.2) is 0 Å². The molecule has 3 heteroatoms. The zero-order chi connectivity index (χ0) is 14.4. The molecule has 0 saturated carbocycles. The SMILES string of the molecule is CCNC(/C1=C/CCCCCC1)c1ccc(F)cc1I. The molecule has 0 aliphatic heterocycles. The third-order valence-corrected chi connectivity index (χ3v) is 4.81. The van der Waals surface area contributed by atoms with Gasteiger partial charge in [0.1, 0.15) is 5.82 Å². The highest BCUT2D eigenvalue weighted by atomic mass is 127. The van der Waals surface area contributed by atoms with Gasteiger partial charge in [0.05, 0.1) is 6.04 Å². The van der Waals surface area contributed by atoms with Crippen molar-refractivity contribution in [3.8, 4) is 0 Å². The van der Waals surface area contributed by atoms with Crippen LogP contribution in [0.15, 0.2) is 29.8 Å². The molecule has 20 heavy (non-hydrogen) atoms. The molecule has 0 heterocycles. The van der Waals surface area contributed by atoms with Gasteiger partial charge >= 0.3 is 0 Å². The van der Waals surface area contributed by atoms with Crippen LogP contribution in [0.3, 0.4) is 0 Å². The molecule has 0 saturated heterocycles. The number of halogens is 2. The molecule has 1 unspecified atom stereocenters. The van der Waals surface area contributed by atoms with Crippen molar-refractivity contribution in [1.29, 1.82) is 0 Å². The summed E-state index contributed by atoms with van der Waals surface area (Å²) in [6.07, 6.45) is 9.99. The molecule has 0 bridgehead atoms. The lowest BCUT2D eigenvalue weighted by Crippen LogP contribution is -2.24. The van der Waals surface area contributed by atoms with E-state index in [0.29, 0.717) is 0 Å². The van der Waals surface area contributed by atoms with E-state index in [9.17, 15) is 4.39 Å². The third kappa shape index (κ3) is 4.29. The van der Waals surface area contributed by atoms with Crippen molar-refractivity contribution in [3.05, 3.63) is 44.8 Å². The molecule has 1 aliphatic carbocycles. The highest BCUT2D eigenvalue weighted by Crippen LogP contribution is 2.31. The van der Waals surface area contributed by atoms with Crippen LogP contribution in [0.4, 0.5) is 4.39 Å². The fourth-order valence-electron chi connectivity index (χ4n) is 2.86. The van der Waals surface area contributed by atoms with Crippen molar-refractivity contribution in [2.24, 2.45) is 0 Å². The molecule has 1 aromatic carbocycles. The maximum atomic E-state index is 13.3. The average molecular weight is 387 g/mol. The minimum Gasteiger partial charge on any atom is -0.307 e. The number of nitrogens with one attached hydrogen (secondary N) is 1. The number of hydrogen-bond donors (Lipinski definition) is 1. The summed E-state index contributed by atoms with van der Waals surface area (Å²) in [5, 5.41) is 3.58. The molecule has 1 aliphatic rings. The lowest BCUT2D eigenvalue weighted by molar-refractivity contribution is 0.551. The second-order valence-electron chi connectivity index (χ2n) is 5.39. The van der Waals surface area contributed by atoms with Gasteiger partial charge in [-0.25, -0.2) is 4.39 Å². The summed E-state index contributed by atoms with van der Waals surface area (Å²) in [5.74, 6) is -0.153. The Balaban J connectivity index is 2.29. The lowest BCUT2D eigenvalue weighted by atomic mass is 9.91. The Hall–Kier alpha value is -0.420. The standard InChI is InChI=1S/C17H23FIN/c1-2-20-17(13-8-6-4-3-5-7-9-13)15-11-10-14(18)12-16(15)19/h8,10-12,17,20H,2-7,9H2,1H3/b13-8+. The molecule has 0 amide bonds. The first-order chi connectivity index (χ1) is 9.72. The quantitative estimate of drug-likeness (QED) is 0.542. The van der Waals surface area contributed by atoms with Gasteiger partial charge in [-0.15, -0.1) is 0 Å². The van der Waals surface area contributed by atoms with E-state index in [4.69, 9.17) is 0 Å². The number of rotatable bonds is 4. The van der Waals surface area contributed by atoms with E-state index < -0.39 is 0 Å². The van der Waals surface area contributed by atoms with Crippen LogP contribution in [-0.4, -0.2) is 6.54 Å². The molecule has 0 aromatic heterocycles. The van der Waals surface area contributed by atoms with Crippen LogP contribution in [-0.2, 0) is 0 Å². The molecule has 110 valence electrons. The molecule has 0 spiro atoms. The highest BCUT2D eigenvalue weighted by Gasteiger charge is 2.18. The molecular weight excluding hydrogens is 364 g/mol. The molecule has 1 nitrogen and oxygen atoms in total. The summed E-state index contributed by atoms with van der Waals surface area (Å²) in [7, 11) is 0. The van der Waals surface area contributed by atoms with Crippen molar-refractivity contribution >= 4 is 22.6 Å². The Labute approximate surface area is 135 Å². The van der Waals surface area contributed by atoms with Gasteiger partial charge in [-0.3, -0.25) is 0 Å². The van der Waals surface area contributed by atoms with Crippen molar-refractivity contribution < 1.29 is 4.39 Å². The van der Waals surface area contributed by atoms with E-state index in [1.165, 1.54) is 43.2 Å². The van der Waals surface area contributed by atoms with E-state index >= 15 is 0 Å². The summed E-state index contributed by atoms with van der Waals surface area (Å²) in [6, 6.07) is 5.38. The maximum absolute atomic E-state index is 13.3. The molecule has 1 aromatic rings. The second-order valence-corrected chi connectivity index (χ2v) is 6.55. The zero-order valence-corrected chi connectivity index (χ0v) is 14.2. The Morgan fingerprint density at radius 2 is 2.05 bits per heavy atom. The van der Waals surface area contributed by atoms with Gasteiger partial charge in [0, 0.05) is 3.57 Å². The van der Waals surface area contributed by atoms with E-state index in [2.05, 4.69) is 40.9 Å². The monoisotopic (exact) mass is 387 g/mol. The number of hydrogen-bond acceptors (Lipinski definition) is 1. The first-order valence-electron chi connectivity index (χ1n) is 7.59. The van der Waals surface area contributed by atoms with Crippen molar-refractivity contribution in [3.63, 3.8) is 0 Å². The zero-order valence-electron chi connectivity index (χ0n) is 12.1. The smallest absolute Gasteiger partial charge is 0.124 e. The maximum Gasteiger partial charge on any atom is 0.124 e. The van der Waals surface area contributed by atoms with Crippen LogP contribution in [0, 0.1) is 9.39 Å². The summed E-state index contributed by atoms with van der Waals surface area (Å²) in [4.78, 5) is 0. The van der Waals surface area contributed by atoms with E-state index in [1.807, 2.05) is 6.07 Å². The van der Waals surface area contributed by atoms with Gasteiger partial charge in [-0.1, -0.05) is 37.5 Å². The largest absolute Gasteiger partial charge is 0.307 e. The van der Waals surface area contributed by atoms with Crippen molar-refractivity contribution in [2.45, 2.75) is 51.5 Å². The predicted octanol–water partition coefficient (Wildman–Crippen LogP) is 5.36. The summed E-state index contributed by atoms with van der Waals surface area (Å²) in [5.41, 5.74) is 2.69. The first kappa shape index (κ1) is 16.0. The molecular formula is C17H23FIN. The van der Waals surface area contributed by atoms with Gasteiger partial charge in [0.2, 0.25) is 0 Å². The fourth-order valence-corrected chi connectivity index (χ4v) is 3.65. The third-order valence-electron chi connectivity index (χ3n) is 3.88. The van der Waals surface area contributed by atoms with Gasteiger partial charge in [0.25, 0.3) is 0 Å². The number of benzene rings is 1. The average Bonchev–Trinajstić information content (AvgIpc) is 2.37. The highest BCUT2D eigenvalue weighted by molar-refractivity contribution is 14.1. The van der Waals surface area contributed by atoms with Crippen molar-refractivity contribution in [1.82, 2.24) is 5.32 Å². The van der Waals surface area contributed by atoms with E-state index in [-0.39, 0.29) is 11.9 Å². The van der Waals surface area contributed by atoms with E-state index in [0.717, 1.165) is 16.5 Å². The van der Waals surface area contributed by atoms with Crippen LogP contribution in [0.1, 0.15) is 57.1 Å². The van der Waals surface area contributed by atoms with Crippen LogP contribution in [0.5, 0.6) is 0 Å². The van der Waals surface area contributed by atoms with Gasteiger partial charge in [-0.05, 0) is 72.5 Å². The van der Waals surface area contributed by atoms with Crippen molar-refractivity contribution in [2.75, 3.05) is 6.54 Å². The van der Waals surface area contributed by atoms with E-state index in [1.54, 1.807) is 12.1 Å². The molecule has 0 fully saturated rings. The summed E-state index contributed by atoms with van der Waals surface area (Å²) in [6.45, 7) is 3.06. The van der Waals surface area contributed by atoms with Crippen LogP contribution in [0.25, 0.3) is 0 Å². The Kier molecular flexibility index (Phi) is 6.49. The fraction of sp³-hybridized carbons (Fsp3) is 0.529. The normalized spacial score (nSPS) is 20.6. The molecule has 1 N–H and O–H groups in total. The number of likely N-dealkylation sites (N-methyl/N-ethyl adjacent to an activating group) is 1. The molecule has 0 radical (unpaired) electrons. The summed E-state index contributed by atoms with van der Waals surface area (Å²) >= 11 is 2.25. The first-order valence-corrected chi connectivity index (χ1v) is 8.67. The second kappa shape index (κ2) is 8.13. The predicted molar refractivity (Wildman–Crippen MR) is 91.3 cm³/mol. The minimum atomic E-state index is -0.153. The Morgan fingerprint density at radius 3 is 2.80 bits per heavy atom. The summed E-state index contributed by atoms with van der Waals surface area (Å²) < 4.78 is 14.3. The van der Waals surface area contributed by atoms with Crippen LogP contribution >= 0.6 is 22.6 Å². The van der Waals surface area contributed by atoms with Crippen LogP contribution < -0.4 is 5.32 Å². The number of allylic oxidation sites excluding steroid dienone is 1. The molecule has 1 atom stereocenters. The van der Waals surface area contributed by atoms with Gasteiger partial charge < -0.3 is 5.32 Å². The van der Waals surface area contributed by atoms with Gasteiger partial charge in [-0.2, -0.15) is 0 Å². The van der Waals surface area contributed by atoms with Crippen LogP contribution in [0.2, 0.25) is 0 Å². The minimum absolute atomic E-state index is 0.153. The Morgan fingerprint density at radius 1 is 1.25 bits per heavy atom. The Bertz CT molecular complexity index is 470. The molecule has 2 rings (SSSR count). The topological polar surface area (TPSA) is 12.0 Å².